The van der Waals surface area contributed by atoms with Gasteiger partial charge in [-0.05, 0) is 0 Å². The maximum atomic E-state index is 12.3. The van der Waals surface area contributed by atoms with E-state index in [9.17, 15) is 26.4 Å². The van der Waals surface area contributed by atoms with Gasteiger partial charge in [0.1, 0.15) is 17.1 Å². The Hall–Kier alpha value is -1.97. The minimum atomic E-state index is -5.90. The molecule has 20 heavy (non-hydrogen) atoms. The van der Waals surface area contributed by atoms with E-state index in [0.717, 1.165) is 13.2 Å². The quantitative estimate of drug-likeness (QED) is 0.468. The molecule has 0 aromatic heterocycles. The van der Waals surface area contributed by atoms with E-state index in [4.69, 9.17) is 9.47 Å². The average molecular weight is 314 g/mol. The van der Waals surface area contributed by atoms with E-state index < -0.39 is 26.9 Å². The van der Waals surface area contributed by atoms with Crippen molar-refractivity contribution < 1.29 is 40.0 Å². The van der Waals surface area contributed by atoms with Crippen molar-refractivity contribution >= 4 is 16.4 Å². The Balaban J connectivity index is 3.41. The second-order valence-corrected chi connectivity index (χ2v) is 4.88. The second kappa shape index (κ2) is 5.57. The van der Waals surface area contributed by atoms with Crippen molar-refractivity contribution in [1.29, 1.82) is 0 Å². The lowest BCUT2D eigenvalue weighted by atomic mass is 10.2. The summed E-state index contributed by atoms with van der Waals surface area (Å²) in [6, 6.07) is 2.02. The molecule has 0 amide bonds. The molecule has 1 aromatic carbocycles. The number of carbonyl (C=O) groups is 1. The summed E-state index contributed by atoms with van der Waals surface area (Å²) < 4.78 is 72.1. The molecule has 0 saturated carbocycles. The predicted octanol–water partition coefficient (Wildman–Crippen LogP) is 1.74. The molecule has 1 rings (SSSR count). The lowest BCUT2D eigenvalue weighted by Gasteiger charge is -2.14. The number of hydrogen-bond acceptors (Lipinski definition) is 6. The van der Waals surface area contributed by atoms with Crippen LogP contribution in [0.15, 0.2) is 12.1 Å². The standard InChI is InChI=1S/C10H9F3O6S/c1-17-6-3-8(18-2)7(5-14)9(4-6)19-20(15,16)10(11,12)13/h3-5H,1-2H3. The fourth-order valence-electron chi connectivity index (χ4n) is 1.21. The summed E-state index contributed by atoms with van der Waals surface area (Å²) in [5, 5.41) is 0. The number of rotatable bonds is 5. The van der Waals surface area contributed by atoms with Crippen LogP contribution in [0.5, 0.6) is 17.2 Å². The van der Waals surface area contributed by atoms with Gasteiger partial charge in [-0.25, -0.2) is 0 Å². The molecule has 0 aliphatic rings. The molecule has 10 heteroatoms. The predicted molar refractivity (Wildman–Crippen MR) is 60.5 cm³/mol. The highest BCUT2D eigenvalue weighted by Gasteiger charge is 2.49. The third kappa shape index (κ3) is 3.13. The Labute approximate surface area is 112 Å². The Morgan fingerprint density at radius 3 is 2.05 bits per heavy atom. The van der Waals surface area contributed by atoms with Crippen LogP contribution in [-0.2, 0) is 10.1 Å². The summed E-state index contributed by atoms with van der Waals surface area (Å²) in [7, 11) is -3.57. The van der Waals surface area contributed by atoms with Crippen LogP contribution >= 0.6 is 0 Å². The third-order valence-electron chi connectivity index (χ3n) is 2.13. The second-order valence-electron chi connectivity index (χ2n) is 3.34. The minimum Gasteiger partial charge on any atom is -0.496 e. The summed E-state index contributed by atoms with van der Waals surface area (Å²) in [6.45, 7) is 0. The third-order valence-corrected chi connectivity index (χ3v) is 3.10. The monoisotopic (exact) mass is 314 g/mol. The van der Waals surface area contributed by atoms with Crippen molar-refractivity contribution in [2.24, 2.45) is 0 Å². The van der Waals surface area contributed by atoms with Gasteiger partial charge in [-0.2, -0.15) is 21.6 Å². The number of alkyl halides is 3. The number of methoxy groups -OCH3 is 2. The van der Waals surface area contributed by atoms with E-state index in [2.05, 4.69) is 4.18 Å². The van der Waals surface area contributed by atoms with Crippen LogP contribution in [0.1, 0.15) is 10.4 Å². The first-order valence-electron chi connectivity index (χ1n) is 4.88. The lowest BCUT2D eigenvalue weighted by molar-refractivity contribution is -0.0500. The van der Waals surface area contributed by atoms with Gasteiger partial charge in [-0.15, -0.1) is 0 Å². The molecule has 0 saturated heterocycles. The van der Waals surface area contributed by atoms with E-state index in [-0.39, 0.29) is 17.8 Å². The summed E-state index contributed by atoms with van der Waals surface area (Å²) in [5.41, 5.74) is -6.11. The summed E-state index contributed by atoms with van der Waals surface area (Å²) in [5.74, 6) is -1.07. The molecular weight excluding hydrogens is 305 g/mol. The van der Waals surface area contributed by atoms with Crippen molar-refractivity contribution in [1.82, 2.24) is 0 Å². The maximum Gasteiger partial charge on any atom is 0.534 e. The van der Waals surface area contributed by atoms with E-state index in [1.165, 1.54) is 13.2 Å². The largest absolute Gasteiger partial charge is 0.534 e. The minimum absolute atomic E-state index is 0.0418. The first-order chi connectivity index (χ1) is 9.16. The summed E-state index contributed by atoms with van der Waals surface area (Å²) >= 11 is 0. The molecule has 0 atom stereocenters. The Kier molecular flexibility index (Phi) is 4.48. The van der Waals surface area contributed by atoms with Crippen molar-refractivity contribution in [2.45, 2.75) is 5.51 Å². The molecular formula is C10H9F3O6S. The molecule has 6 nitrogen and oxygen atoms in total. The van der Waals surface area contributed by atoms with Crippen molar-refractivity contribution in [3.63, 3.8) is 0 Å². The van der Waals surface area contributed by atoms with Crippen LogP contribution < -0.4 is 13.7 Å². The molecule has 0 radical (unpaired) electrons. The maximum absolute atomic E-state index is 12.3. The molecule has 0 spiro atoms. The highest BCUT2D eigenvalue weighted by molar-refractivity contribution is 7.88. The van der Waals surface area contributed by atoms with Crippen LogP contribution in [0.2, 0.25) is 0 Å². The zero-order valence-electron chi connectivity index (χ0n) is 10.2. The molecule has 112 valence electrons. The molecule has 0 aliphatic heterocycles. The molecule has 0 aliphatic carbocycles. The van der Waals surface area contributed by atoms with E-state index in [0.29, 0.717) is 0 Å². The van der Waals surface area contributed by atoms with Crippen LogP contribution in [-0.4, -0.2) is 34.4 Å². The Bertz CT molecular complexity index is 608. The van der Waals surface area contributed by atoms with Crippen molar-refractivity contribution in [2.75, 3.05) is 14.2 Å². The molecule has 0 bridgehead atoms. The number of carbonyl (C=O) groups excluding carboxylic acids is 1. The number of aldehydes is 1. The topological polar surface area (TPSA) is 78.9 Å². The Morgan fingerprint density at radius 1 is 1.10 bits per heavy atom. The van der Waals surface area contributed by atoms with E-state index in [1.54, 1.807) is 0 Å². The van der Waals surface area contributed by atoms with Crippen molar-refractivity contribution in [3.05, 3.63) is 17.7 Å². The number of halogens is 3. The Morgan fingerprint density at radius 2 is 1.65 bits per heavy atom. The van der Waals surface area contributed by atoms with Gasteiger partial charge in [0.15, 0.2) is 12.0 Å². The lowest BCUT2D eigenvalue weighted by Crippen LogP contribution is -2.28. The highest BCUT2D eigenvalue weighted by Crippen LogP contribution is 2.36. The molecule has 0 unspecified atom stereocenters. The first-order valence-corrected chi connectivity index (χ1v) is 6.29. The zero-order chi connectivity index (χ0) is 15.6. The van der Waals surface area contributed by atoms with Gasteiger partial charge >= 0.3 is 15.6 Å². The summed E-state index contributed by atoms with van der Waals surface area (Å²) in [6.07, 6.45) is 0.111. The number of hydrogen-bond donors (Lipinski definition) is 0. The zero-order valence-corrected chi connectivity index (χ0v) is 11.0. The SMILES string of the molecule is COc1cc(OC)c(C=O)c(OS(=O)(=O)C(F)(F)F)c1. The first kappa shape index (κ1) is 16.1. The van der Waals surface area contributed by atoms with Crippen LogP contribution in [0.25, 0.3) is 0 Å². The highest BCUT2D eigenvalue weighted by atomic mass is 32.2. The average Bonchev–Trinajstić information content (AvgIpc) is 2.35. The number of ether oxygens (including phenoxy) is 2. The van der Waals surface area contributed by atoms with Gasteiger partial charge < -0.3 is 13.7 Å². The van der Waals surface area contributed by atoms with Crippen LogP contribution in [0, 0.1) is 0 Å². The van der Waals surface area contributed by atoms with Gasteiger partial charge in [0.2, 0.25) is 0 Å². The molecule has 0 heterocycles. The van der Waals surface area contributed by atoms with Gasteiger partial charge in [0.05, 0.1) is 14.2 Å². The fourth-order valence-corrected chi connectivity index (χ4v) is 1.68. The van der Waals surface area contributed by atoms with Crippen molar-refractivity contribution in [3.8, 4) is 17.2 Å². The van der Waals surface area contributed by atoms with E-state index >= 15 is 0 Å². The molecule has 1 aromatic rings. The van der Waals surface area contributed by atoms with Crippen LogP contribution in [0.3, 0.4) is 0 Å². The molecule has 0 fully saturated rings. The van der Waals surface area contributed by atoms with Crippen LogP contribution in [0.4, 0.5) is 13.2 Å². The molecule has 0 N–H and O–H groups in total. The fraction of sp³-hybridized carbons (Fsp3) is 0.300. The smallest absolute Gasteiger partial charge is 0.496 e. The van der Waals surface area contributed by atoms with Gasteiger partial charge in [-0.1, -0.05) is 0 Å². The van der Waals surface area contributed by atoms with E-state index in [1.807, 2.05) is 0 Å². The van der Waals surface area contributed by atoms with Gasteiger partial charge in [0, 0.05) is 12.1 Å². The van der Waals surface area contributed by atoms with Gasteiger partial charge in [0.25, 0.3) is 0 Å². The summed E-state index contributed by atoms with van der Waals surface area (Å²) in [4.78, 5) is 10.9. The number of benzene rings is 1. The van der Waals surface area contributed by atoms with Gasteiger partial charge in [-0.3, -0.25) is 4.79 Å². The normalized spacial score (nSPS) is 11.8.